The van der Waals surface area contributed by atoms with E-state index in [0.29, 0.717) is 38.7 Å². The number of carbonyl (C=O) groups is 10. The second-order valence-electron chi connectivity index (χ2n) is 23.3. The number of urea groups is 1. The Balaban J connectivity index is 1.08. The van der Waals surface area contributed by atoms with Crippen LogP contribution in [0.25, 0.3) is 21.8 Å². The maximum absolute atomic E-state index is 14.9. The van der Waals surface area contributed by atoms with Crippen molar-refractivity contribution in [3.05, 3.63) is 168 Å². The lowest BCUT2D eigenvalue weighted by Crippen LogP contribution is -2.61. The number of carbonyl (C=O) groups excluding carboxylic acids is 10. The molecule has 502 valence electrons. The van der Waals surface area contributed by atoms with E-state index < -0.39 is 114 Å². The van der Waals surface area contributed by atoms with Gasteiger partial charge in [-0.2, -0.15) is 0 Å². The molecule has 0 bridgehead atoms. The lowest BCUT2D eigenvalue weighted by molar-refractivity contribution is -0.135. The van der Waals surface area contributed by atoms with E-state index in [1.807, 2.05) is 24.3 Å². The highest BCUT2D eigenvalue weighted by molar-refractivity contribution is 5.99. The van der Waals surface area contributed by atoms with Crippen LogP contribution in [-0.2, 0) is 75.3 Å². The van der Waals surface area contributed by atoms with Crippen LogP contribution in [0.15, 0.2) is 140 Å². The number of nitrogens with zero attached hydrogens (tertiary/aromatic N) is 1. The van der Waals surface area contributed by atoms with Crippen LogP contribution in [-0.4, -0.2) is 147 Å². The van der Waals surface area contributed by atoms with Crippen LogP contribution >= 0.6 is 0 Å². The summed E-state index contributed by atoms with van der Waals surface area (Å²) in [6.45, 7) is 3.80. The van der Waals surface area contributed by atoms with Gasteiger partial charge in [-0.25, -0.2) is 10.2 Å². The van der Waals surface area contributed by atoms with Gasteiger partial charge in [0.25, 0.3) is 5.91 Å². The van der Waals surface area contributed by atoms with Gasteiger partial charge in [0.2, 0.25) is 47.3 Å². The molecule has 4 aromatic carbocycles. The van der Waals surface area contributed by atoms with Gasteiger partial charge in [-0.05, 0) is 95.8 Å². The Morgan fingerprint density at radius 3 is 1.57 bits per heavy atom. The predicted molar refractivity (Wildman–Crippen MR) is 354 cm³/mol. The summed E-state index contributed by atoms with van der Waals surface area (Å²) in [6, 6.07) is 20.0. The molecule has 0 saturated heterocycles. The fraction of sp³-hybridized carbons (Fsp3) is 0.333. The number of hydrogen-bond donors (Lipinski definition) is 18. The molecule has 7 aromatic rings. The Morgan fingerprint density at radius 1 is 0.516 bits per heavy atom. The Bertz CT molecular complexity index is 3810. The molecule has 95 heavy (non-hydrogen) atoms. The molecule has 29 nitrogen and oxygen atoms in total. The lowest BCUT2D eigenvalue weighted by atomic mass is 10.0. The summed E-state index contributed by atoms with van der Waals surface area (Å²) in [5.74, 6) is -8.19. The number of benzene rings is 4. The van der Waals surface area contributed by atoms with Crippen LogP contribution in [0.5, 0.6) is 5.75 Å². The van der Waals surface area contributed by atoms with Crippen molar-refractivity contribution < 1.29 is 53.1 Å². The molecule has 7 rings (SSSR count). The number of phenolic OH excluding ortho intramolecular Hbond substituents is 1. The minimum absolute atomic E-state index is 0.00585. The number of aromatic amines is 2. The van der Waals surface area contributed by atoms with Crippen LogP contribution in [0.2, 0.25) is 0 Å². The summed E-state index contributed by atoms with van der Waals surface area (Å²) in [4.78, 5) is 150. The fourth-order valence-corrected chi connectivity index (χ4v) is 10.5. The predicted octanol–water partition coefficient (Wildman–Crippen LogP) is 0.129. The highest BCUT2D eigenvalue weighted by Gasteiger charge is 2.35. The first-order chi connectivity index (χ1) is 45.5. The number of hydrogen-bond acceptors (Lipinski definition) is 14. The molecular formula is C66H82N18O11. The standard InChI is InChI=1S/C66H82N18O11/c1-37(2)28-51(60(90)76-49(18-11-25-73-65(70)71-3)59(89)77-50(57(69)87)32-41-35-74-47-16-9-7-14-44(41)47)82-66(95)84-83-64(94)53(30-38-12-5-4-6-13-38)79-62(92)54(33-42-36-75-48-17-10-8-15-45(42)48)80-63(93)55(34-56(68)86)81-61(91)52(31-40-23-26-72-27-24-40)78-58(88)46(67)29-39-19-21-43(85)22-20-39/h4-10,12-17,19-24,26-27,35-37,46,49-55,74-75,85H,11,18,25,28-34,67H2,1-3H3,(H2,68,86)(H2,69,87)(H,76,90)(H,77,89)(H,78,88)(H,79,92)(H,80,93)(H,81,91)(H,83,94)(H3,70,71,73)(H2,82,84,95)/t46-,49+,50+,51+,52-,53+,54+,55+/m1/s1. The number of guanidine groups is 1. The monoisotopic (exact) mass is 1300 g/mol. The first kappa shape index (κ1) is 71.1. The van der Waals surface area contributed by atoms with E-state index in [0.717, 1.165) is 10.9 Å². The van der Waals surface area contributed by atoms with Gasteiger partial charge in [-0.15, -0.1) is 0 Å². The first-order valence-corrected chi connectivity index (χ1v) is 30.9. The van der Waals surface area contributed by atoms with Crippen molar-refractivity contribution in [2.45, 2.75) is 120 Å². The average molecular weight is 1300 g/mol. The molecule has 0 radical (unpaired) electrons. The zero-order chi connectivity index (χ0) is 68.6. The summed E-state index contributed by atoms with van der Waals surface area (Å²) < 4.78 is 0. The third-order valence-corrected chi connectivity index (χ3v) is 15.5. The van der Waals surface area contributed by atoms with E-state index in [9.17, 15) is 53.1 Å². The minimum Gasteiger partial charge on any atom is -0.508 e. The molecule has 8 atom stereocenters. The van der Waals surface area contributed by atoms with Crippen LogP contribution < -0.4 is 75.9 Å². The highest BCUT2D eigenvalue weighted by atomic mass is 16.3. The first-order valence-electron chi connectivity index (χ1n) is 30.9. The van der Waals surface area contributed by atoms with E-state index in [4.69, 9.17) is 22.6 Å². The number of amides is 11. The quantitative estimate of drug-likeness (QED) is 0.0113. The molecule has 0 unspecified atom stereocenters. The van der Waals surface area contributed by atoms with Crippen molar-refractivity contribution >= 4 is 87.0 Å². The fourth-order valence-electron chi connectivity index (χ4n) is 10.5. The maximum atomic E-state index is 14.9. The van der Waals surface area contributed by atoms with Gasteiger partial charge in [-0.3, -0.25) is 59.0 Å². The number of nitrogens with one attached hydrogen (secondary N) is 14. The summed E-state index contributed by atoms with van der Waals surface area (Å²) in [5.41, 5.74) is 26.8. The van der Waals surface area contributed by atoms with Gasteiger partial charge >= 0.3 is 6.03 Å². The maximum Gasteiger partial charge on any atom is 0.334 e. The smallest absolute Gasteiger partial charge is 0.334 e. The molecule has 0 aliphatic heterocycles. The number of aromatic hydroxyl groups is 1. The highest BCUT2D eigenvalue weighted by Crippen LogP contribution is 2.22. The van der Waals surface area contributed by atoms with E-state index in [1.54, 1.807) is 112 Å². The number of primary amides is 2. The third kappa shape index (κ3) is 21.9. The Morgan fingerprint density at radius 2 is 0.989 bits per heavy atom. The molecule has 0 saturated carbocycles. The molecular weight excluding hydrogens is 1220 g/mol. The minimum atomic E-state index is -1.74. The van der Waals surface area contributed by atoms with Crippen molar-refractivity contribution in [3.63, 3.8) is 0 Å². The molecule has 0 spiro atoms. The Hall–Kier alpha value is -11.4. The zero-order valence-electron chi connectivity index (χ0n) is 52.8. The van der Waals surface area contributed by atoms with Crippen molar-refractivity contribution in [2.75, 3.05) is 13.6 Å². The number of aromatic nitrogens is 3. The average Bonchev–Trinajstić information content (AvgIpc) is 1.73. The summed E-state index contributed by atoms with van der Waals surface area (Å²) in [7, 11) is 1.55. The van der Waals surface area contributed by atoms with E-state index in [1.165, 1.54) is 24.5 Å². The van der Waals surface area contributed by atoms with Gasteiger partial charge in [0.15, 0.2) is 5.96 Å². The Kier molecular flexibility index (Phi) is 26.1. The number of rotatable bonds is 33. The molecule has 11 amide bonds. The van der Waals surface area contributed by atoms with Crippen LogP contribution in [0, 0.1) is 11.3 Å². The van der Waals surface area contributed by atoms with Crippen molar-refractivity contribution in [3.8, 4) is 5.75 Å². The molecule has 0 fully saturated rings. The van der Waals surface area contributed by atoms with Gasteiger partial charge in [0.1, 0.15) is 48.0 Å². The molecule has 21 N–H and O–H groups in total. The van der Waals surface area contributed by atoms with E-state index in [2.05, 4.69) is 73.7 Å². The van der Waals surface area contributed by atoms with Crippen LogP contribution in [0.1, 0.15) is 67.3 Å². The number of H-pyrrole nitrogens is 2. The largest absolute Gasteiger partial charge is 0.508 e. The van der Waals surface area contributed by atoms with Crippen molar-refractivity contribution in [1.29, 1.82) is 5.41 Å². The lowest BCUT2D eigenvalue weighted by Gasteiger charge is -2.27. The van der Waals surface area contributed by atoms with E-state index >= 15 is 0 Å². The molecule has 0 aliphatic rings. The molecule has 29 heteroatoms. The van der Waals surface area contributed by atoms with Gasteiger partial charge in [0.05, 0.1) is 12.5 Å². The number of hydrazine groups is 1. The van der Waals surface area contributed by atoms with E-state index in [-0.39, 0.29) is 75.5 Å². The summed E-state index contributed by atoms with van der Waals surface area (Å²) in [6.07, 6.45) is 5.34. The van der Waals surface area contributed by atoms with Crippen LogP contribution in [0.3, 0.4) is 0 Å². The van der Waals surface area contributed by atoms with Crippen molar-refractivity contribution in [1.82, 2.24) is 73.7 Å². The number of nitrogens with two attached hydrogens (primary N) is 3. The van der Waals surface area contributed by atoms with Crippen LogP contribution in [0.4, 0.5) is 4.79 Å². The molecule has 3 heterocycles. The SMILES string of the molecule is CNC(=N)NCCC[C@H](NC(=O)[C@H](CC(C)C)NC(=O)NNC(=O)[C@H](Cc1ccccc1)NC(=O)[C@H](Cc1c[nH]c2ccccc12)NC(=O)[C@H](CC(N)=O)NC(=O)[C@@H](Cc1ccncc1)NC(=O)[C@H](N)Cc1ccc(O)cc1)C(=O)N[C@@H](Cc1c[nH]c2ccccc12)C(N)=O. The van der Waals surface area contributed by atoms with Gasteiger partial charge < -0.3 is 80.1 Å². The topological polar surface area (TPSA) is 470 Å². The van der Waals surface area contributed by atoms with Gasteiger partial charge in [-0.1, -0.05) is 92.7 Å². The molecule has 0 aliphatic carbocycles. The zero-order valence-corrected chi connectivity index (χ0v) is 52.8. The van der Waals surface area contributed by atoms with Crippen molar-refractivity contribution in [2.24, 2.45) is 23.1 Å². The summed E-state index contributed by atoms with van der Waals surface area (Å²) in [5, 5.41) is 43.2. The number of fused-ring (bicyclic) bond motifs is 2. The Labute approximate surface area is 547 Å². The number of para-hydroxylation sites is 2. The number of pyridine rings is 1. The molecule has 3 aromatic heterocycles. The second-order valence-corrected chi connectivity index (χ2v) is 23.3. The second kappa shape index (κ2) is 34.9. The number of phenols is 1. The normalized spacial score (nSPS) is 13.6. The van der Waals surface area contributed by atoms with Gasteiger partial charge in [0, 0.05) is 85.9 Å². The summed E-state index contributed by atoms with van der Waals surface area (Å²) >= 11 is 0. The third-order valence-electron chi connectivity index (χ3n) is 15.5.